The smallest absolute Gasteiger partial charge is 0.0580 e. The van der Waals surface area contributed by atoms with Crippen LogP contribution in [0.1, 0.15) is 72.1 Å². The van der Waals surface area contributed by atoms with E-state index in [2.05, 4.69) is 25.7 Å². The quantitative estimate of drug-likeness (QED) is 0.682. The molecule has 2 nitrogen and oxygen atoms in total. The average molecular weight is 269 g/mol. The Balaban J connectivity index is 2.44. The fourth-order valence-electron chi connectivity index (χ4n) is 3.30. The number of aliphatic hydroxyl groups excluding tert-OH is 1. The van der Waals surface area contributed by atoms with E-state index in [0.717, 1.165) is 18.9 Å². The molecule has 3 atom stereocenters. The molecule has 19 heavy (non-hydrogen) atoms. The molecule has 1 fully saturated rings. The van der Waals surface area contributed by atoms with Gasteiger partial charge < -0.3 is 10.0 Å². The van der Waals surface area contributed by atoms with Crippen molar-refractivity contribution < 1.29 is 5.11 Å². The first-order valence-electron chi connectivity index (χ1n) is 8.61. The van der Waals surface area contributed by atoms with Crippen LogP contribution in [0.4, 0.5) is 0 Å². The first kappa shape index (κ1) is 17.0. The van der Waals surface area contributed by atoms with Crippen LogP contribution in [0.5, 0.6) is 0 Å². The van der Waals surface area contributed by atoms with Gasteiger partial charge in [0.2, 0.25) is 0 Å². The van der Waals surface area contributed by atoms with Gasteiger partial charge in [0.1, 0.15) is 0 Å². The summed E-state index contributed by atoms with van der Waals surface area (Å²) in [6.45, 7) is 10.4. The van der Waals surface area contributed by atoms with E-state index >= 15 is 0 Å². The summed E-state index contributed by atoms with van der Waals surface area (Å²) in [5.41, 5.74) is 0. The molecule has 0 radical (unpaired) electrons. The largest absolute Gasteiger partial charge is 0.393 e. The van der Waals surface area contributed by atoms with Gasteiger partial charge in [-0.25, -0.2) is 0 Å². The summed E-state index contributed by atoms with van der Waals surface area (Å²) in [5.74, 6) is 1.38. The number of hydrogen-bond donors (Lipinski definition) is 1. The SMILES string of the molecule is CCCCN(CCCC)CC1CC(CC)CCC1O. The van der Waals surface area contributed by atoms with E-state index in [4.69, 9.17) is 0 Å². The van der Waals surface area contributed by atoms with Gasteiger partial charge in [-0.05, 0) is 57.0 Å². The summed E-state index contributed by atoms with van der Waals surface area (Å²) >= 11 is 0. The van der Waals surface area contributed by atoms with Crippen LogP contribution in [0.2, 0.25) is 0 Å². The second kappa shape index (κ2) is 9.77. The van der Waals surface area contributed by atoms with Crippen molar-refractivity contribution in [2.75, 3.05) is 19.6 Å². The summed E-state index contributed by atoms with van der Waals surface area (Å²) in [7, 11) is 0. The zero-order valence-electron chi connectivity index (χ0n) is 13.4. The molecule has 0 aliphatic heterocycles. The molecule has 0 spiro atoms. The Morgan fingerprint density at radius 1 is 1.00 bits per heavy atom. The molecule has 0 heterocycles. The highest BCUT2D eigenvalue weighted by Gasteiger charge is 2.29. The summed E-state index contributed by atoms with van der Waals surface area (Å²) < 4.78 is 0. The topological polar surface area (TPSA) is 23.5 Å². The van der Waals surface area contributed by atoms with Gasteiger partial charge in [0.25, 0.3) is 0 Å². The Labute approximate surface area is 120 Å². The molecule has 1 rings (SSSR count). The van der Waals surface area contributed by atoms with Crippen molar-refractivity contribution in [2.24, 2.45) is 11.8 Å². The van der Waals surface area contributed by atoms with E-state index in [1.807, 2.05) is 0 Å². The minimum Gasteiger partial charge on any atom is -0.393 e. The average Bonchev–Trinajstić information content (AvgIpc) is 2.43. The summed E-state index contributed by atoms with van der Waals surface area (Å²) in [6, 6.07) is 0. The van der Waals surface area contributed by atoms with Crippen LogP contribution >= 0.6 is 0 Å². The third-order valence-electron chi connectivity index (χ3n) is 4.78. The molecule has 114 valence electrons. The molecule has 0 aromatic heterocycles. The van der Waals surface area contributed by atoms with Crippen LogP contribution in [0, 0.1) is 11.8 Å². The Kier molecular flexibility index (Phi) is 8.72. The number of aliphatic hydroxyl groups is 1. The predicted octanol–water partition coefficient (Wildman–Crippen LogP) is 4.08. The van der Waals surface area contributed by atoms with Gasteiger partial charge in [0.15, 0.2) is 0 Å². The van der Waals surface area contributed by atoms with Crippen molar-refractivity contribution in [2.45, 2.75) is 78.2 Å². The van der Waals surface area contributed by atoms with Gasteiger partial charge in [-0.3, -0.25) is 0 Å². The molecule has 0 amide bonds. The molecule has 1 aliphatic carbocycles. The molecule has 0 aromatic carbocycles. The lowest BCUT2D eigenvalue weighted by molar-refractivity contribution is 0.0262. The highest BCUT2D eigenvalue weighted by atomic mass is 16.3. The van der Waals surface area contributed by atoms with E-state index in [1.54, 1.807) is 0 Å². The van der Waals surface area contributed by atoms with Crippen LogP contribution < -0.4 is 0 Å². The fourth-order valence-corrected chi connectivity index (χ4v) is 3.30. The van der Waals surface area contributed by atoms with Crippen LogP contribution in [0.15, 0.2) is 0 Å². The van der Waals surface area contributed by atoms with Crippen LogP contribution in [0.3, 0.4) is 0 Å². The van der Waals surface area contributed by atoms with Gasteiger partial charge in [0, 0.05) is 6.54 Å². The van der Waals surface area contributed by atoms with E-state index in [1.165, 1.54) is 58.0 Å². The molecule has 0 aromatic rings. The van der Waals surface area contributed by atoms with Gasteiger partial charge in [-0.2, -0.15) is 0 Å². The van der Waals surface area contributed by atoms with Gasteiger partial charge >= 0.3 is 0 Å². The maximum atomic E-state index is 10.3. The van der Waals surface area contributed by atoms with E-state index in [9.17, 15) is 5.11 Å². The Hall–Kier alpha value is -0.0800. The van der Waals surface area contributed by atoms with Gasteiger partial charge in [0.05, 0.1) is 6.10 Å². The Morgan fingerprint density at radius 2 is 1.63 bits per heavy atom. The van der Waals surface area contributed by atoms with E-state index in [0.29, 0.717) is 5.92 Å². The van der Waals surface area contributed by atoms with Gasteiger partial charge in [-0.1, -0.05) is 40.0 Å². The molecule has 1 saturated carbocycles. The zero-order chi connectivity index (χ0) is 14.1. The minimum absolute atomic E-state index is 0.0476. The fraction of sp³-hybridized carbons (Fsp3) is 1.00. The molecule has 0 saturated heterocycles. The van der Waals surface area contributed by atoms with Crippen molar-refractivity contribution in [1.29, 1.82) is 0 Å². The van der Waals surface area contributed by atoms with Crippen molar-refractivity contribution in [3.05, 3.63) is 0 Å². The second-order valence-electron chi connectivity index (χ2n) is 6.42. The number of rotatable bonds is 9. The second-order valence-corrected chi connectivity index (χ2v) is 6.42. The maximum absolute atomic E-state index is 10.3. The van der Waals surface area contributed by atoms with Crippen LogP contribution in [-0.4, -0.2) is 35.7 Å². The lowest BCUT2D eigenvalue weighted by Gasteiger charge is -2.36. The lowest BCUT2D eigenvalue weighted by Crippen LogP contribution is -2.39. The van der Waals surface area contributed by atoms with Crippen LogP contribution in [0.25, 0.3) is 0 Å². The molecule has 0 bridgehead atoms. The minimum atomic E-state index is -0.0476. The van der Waals surface area contributed by atoms with Crippen LogP contribution in [-0.2, 0) is 0 Å². The summed E-state index contributed by atoms with van der Waals surface area (Å²) in [4.78, 5) is 2.61. The lowest BCUT2D eigenvalue weighted by atomic mass is 9.78. The normalized spacial score (nSPS) is 27.9. The zero-order valence-corrected chi connectivity index (χ0v) is 13.4. The monoisotopic (exact) mass is 269 g/mol. The molecular weight excluding hydrogens is 234 g/mol. The van der Waals surface area contributed by atoms with Crippen molar-refractivity contribution in [3.8, 4) is 0 Å². The summed E-state index contributed by atoms with van der Waals surface area (Å²) in [6.07, 6.45) is 9.87. The number of unbranched alkanes of at least 4 members (excludes halogenated alkanes) is 2. The summed E-state index contributed by atoms with van der Waals surface area (Å²) in [5, 5.41) is 10.3. The first-order chi connectivity index (χ1) is 9.21. The Bertz CT molecular complexity index is 211. The maximum Gasteiger partial charge on any atom is 0.0580 e. The predicted molar refractivity (Wildman–Crippen MR) is 83.4 cm³/mol. The van der Waals surface area contributed by atoms with E-state index < -0.39 is 0 Å². The van der Waals surface area contributed by atoms with Crippen molar-refractivity contribution in [3.63, 3.8) is 0 Å². The molecule has 2 heteroatoms. The van der Waals surface area contributed by atoms with E-state index in [-0.39, 0.29) is 6.10 Å². The molecule has 3 unspecified atom stereocenters. The third kappa shape index (κ3) is 6.27. The Morgan fingerprint density at radius 3 is 2.16 bits per heavy atom. The first-order valence-corrected chi connectivity index (χ1v) is 8.61. The highest BCUT2D eigenvalue weighted by molar-refractivity contribution is 4.81. The standard InChI is InChI=1S/C17H35NO/c1-4-7-11-18(12-8-5-2)14-16-13-15(6-3)9-10-17(16)19/h15-17,19H,4-14H2,1-3H3. The highest BCUT2D eigenvalue weighted by Crippen LogP contribution is 2.32. The van der Waals surface area contributed by atoms with Gasteiger partial charge in [-0.15, -0.1) is 0 Å². The third-order valence-corrected chi connectivity index (χ3v) is 4.78. The molecule has 1 N–H and O–H groups in total. The molecule has 1 aliphatic rings. The van der Waals surface area contributed by atoms with Crippen molar-refractivity contribution in [1.82, 2.24) is 4.90 Å². The number of nitrogens with zero attached hydrogens (tertiary/aromatic N) is 1. The number of hydrogen-bond acceptors (Lipinski definition) is 2. The molecular formula is C17H35NO. The van der Waals surface area contributed by atoms with Crippen molar-refractivity contribution >= 4 is 0 Å².